The van der Waals surface area contributed by atoms with E-state index in [2.05, 4.69) is 41.0 Å². The maximum absolute atomic E-state index is 11.3. The van der Waals surface area contributed by atoms with Crippen molar-refractivity contribution in [2.24, 2.45) is 0 Å². The van der Waals surface area contributed by atoms with Gasteiger partial charge in [0.05, 0.1) is 0 Å². The van der Waals surface area contributed by atoms with Crippen molar-refractivity contribution in [1.82, 2.24) is 15.3 Å². The monoisotopic (exact) mass is 282 g/mol. The Morgan fingerprint density at radius 3 is 2.37 bits per heavy atom. The quantitative estimate of drug-likeness (QED) is 0.894. The number of hydrogen-bond donors (Lipinski definition) is 1. The first-order chi connectivity index (χ1) is 8.94. The van der Waals surface area contributed by atoms with Gasteiger partial charge in [0.1, 0.15) is 0 Å². The molecule has 0 saturated carbocycles. The van der Waals surface area contributed by atoms with Crippen LogP contribution >= 0.6 is 0 Å². The smallest absolute Gasteiger partial charge is 0.225 e. The molecule has 1 aliphatic rings. The Kier molecular flexibility index (Phi) is 4.52. The zero-order valence-electron chi connectivity index (χ0n) is 11.8. The van der Waals surface area contributed by atoms with Crippen LogP contribution in [-0.4, -0.2) is 44.3 Å². The number of nitrogens with one attached hydrogen (secondary N) is 1. The zero-order chi connectivity index (χ0) is 13.9. The normalized spacial score (nSPS) is 17.7. The van der Waals surface area contributed by atoms with Crippen LogP contribution in [0, 0.1) is 0 Å². The predicted octanol–water partition coefficient (Wildman–Crippen LogP) is 0.933. The second-order valence-electron chi connectivity index (χ2n) is 5.83. The SMILES string of the molecule is CC(C)(C)NCc1cnc(N2CCS(=O)CC2)nc1. The maximum atomic E-state index is 11.3. The molecule has 0 aliphatic carbocycles. The zero-order valence-corrected chi connectivity index (χ0v) is 12.7. The highest BCUT2D eigenvalue weighted by Crippen LogP contribution is 2.11. The topological polar surface area (TPSA) is 58.1 Å². The number of hydrogen-bond acceptors (Lipinski definition) is 5. The molecule has 106 valence electrons. The van der Waals surface area contributed by atoms with Crippen LogP contribution in [-0.2, 0) is 17.3 Å². The molecular formula is C13H22N4OS. The molecule has 19 heavy (non-hydrogen) atoms. The average Bonchev–Trinajstić information content (AvgIpc) is 2.37. The van der Waals surface area contributed by atoms with Crippen molar-refractivity contribution in [2.45, 2.75) is 32.9 Å². The summed E-state index contributed by atoms with van der Waals surface area (Å²) >= 11 is 0. The Balaban J connectivity index is 1.93. The van der Waals surface area contributed by atoms with Gasteiger partial charge in [-0.3, -0.25) is 4.21 Å². The fourth-order valence-electron chi connectivity index (χ4n) is 1.81. The van der Waals surface area contributed by atoms with Crippen LogP contribution in [0.1, 0.15) is 26.3 Å². The van der Waals surface area contributed by atoms with Gasteiger partial charge in [-0.1, -0.05) is 0 Å². The largest absolute Gasteiger partial charge is 0.339 e. The summed E-state index contributed by atoms with van der Waals surface area (Å²) in [6, 6.07) is 0. The summed E-state index contributed by atoms with van der Waals surface area (Å²) in [5.74, 6) is 2.18. The summed E-state index contributed by atoms with van der Waals surface area (Å²) in [5, 5.41) is 3.41. The fourth-order valence-corrected chi connectivity index (χ4v) is 2.86. The summed E-state index contributed by atoms with van der Waals surface area (Å²) in [7, 11) is -0.659. The van der Waals surface area contributed by atoms with Gasteiger partial charge in [-0.15, -0.1) is 0 Å². The first-order valence-electron chi connectivity index (χ1n) is 6.60. The molecule has 1 aromatic heterocycles. The Labute approximate surface area is 117 Å². The highest BCUT2D eigenvalue weighted by atomic mass is 32.2. The molecular weight excluding hydrogens is 260 g/mol. The molecule has 5 nitrogen and oxygen atoms in total. The molecule has 0 unspecified atom stereocenters. The third-order valence-corrected chi connectivity index (χ3v) is 4.25. The lowest BCUT2D eigenvalue weighted by Gasteiger charge is -2.26. The van der Waals surface area contributed by atoms with Crippen LogP contribution in [0.5, 0.6) is 0 Å². The molecule has 0 radical (unpaired) electrons. The third kappa shape index (κ3) is 4.54. The Morgan fingerprint density at radius 1 is 1.26 bits per heavy atom. The minimum atomic E-state index is -0.659. The van der Waals surface area contributed by atoms with Gasteiger partial charge in [-0.25, -0.2) is 9.97 Å². The molecule has 0 aromatic carbocycles. The minimum absolute atomic E-state index is 0.0929. The van der Waals surface area contributed by atoms with E-state index < -0.39 is 10.8 Å². The summed E-state index contributed by atoms with van der Waals surface area (Å²) in [6.45, 7) is 8.74. The lowest BCUT2D eigenvalue weighted by molar-refractivity contribution is 0.423. The van der Waals surface area contributed by atoms with E-state index in [0.29, 0.717) is 0 Å². The summed E-state index contributed by atoms with van der Waals surface area (Å²) < 4.78 is 11.3. The lowest BCUT2D eigenvalue weighted by atomic mass is 10.1. The molecule has 1 aliphatic heterocycles. The second kappa shape index (κ2) is 5.96. The fraction of sp³-hybridized carbons (Fsp3) is 0.692. The maximum Gasteiger partial charge on any atom is 0.225 e. The minimum Gasteiger partial charge on any atom is -0.339 e. The molecule has 2 heterocycles. The summed E-state index contributed by atoms with van der Waals surface area (Å²) in [5.41, 5.74) is 1.18. The third-order valence-electron chi connectivity index (χ3n) is 2.98. The van der Waals surface area contributed by atoms with Crippen molar-refractivity contribution < 1.29 is 4.21 Å². The molecule has 1 N–H and O–H groups in total. The van der Waals surface area contributed by atoms with E-state index in [4.69, 9.17) is 0 Å². The van der Waals surface area contributed by atoms with Crippen LogP contribution in [0.25, 0.3) is 0 Å². The first kappa shape index (κ1) is 14.4. The van der Waals surface area contributed by atoms with Crippen molar-refractivity contribution in [3.8, 4) is 0 Å². The number of anilines is 1. The highest BCUT2D eigenvalue weighted by molar-refractivity contribution is 7.85. The second-order valence-corrected chi connectivity index (χ2v) is 7.53. The Hall–Kier alpha value is -1.01. The van der Waals surface area contributed by atoms with Crippen molar-refractivity contribution in [3.05, 3.63) is 18.0 Å². The molecule has 1 saturated heterocycles. The average molecular weight is 282 g/mol. The molecule has 0 atom stereocenters. The van der Waals surface area contributed by atoms with Gasteiger partial charge in [0.2, 0.25) is 5.95 Å². The van der Waals surface area contributed by atoms with Gasteiger partial charge < -0.3 is 10.2 Å². The van der Waals surface area contributed by atoms with Gasteiger partial charge in [0.25, 0.3) is 0 Å². The first-order valence-corrected chi connectivity index (χ1v) is 8.09. The molecule has 6 heteroatoms. The van der Waals surface area contributed by atoms with Gasteiger partial charge in [0, 0.05) is 65.4 Å². The van der Waals surface area contributed by atoms with E-state index in [0.717, 1.165) is 42.7 Å². The highest BCUT2D eigenvalue weighted by Gasteiger charge is 2.17. The number of aromatic nitrogens is 2. The molecule has 0 bridgehead atoms. The summed E-state index contributed by atoms with van der Waals surface area (Å²) in [4.78, 5) is 10.9. The molecule has 1 fully saturated rings. The molecule has 0 spiro atoms. The Bertz CT molecular complexity index is 431. The van der Waals surface area contributed by atoms with Crippen molar-refractivity contribution in [2.75, 3.05) is 29.5 Å². The van der Waals surface area contributed by atoms with Crippen LogP contribution < -0.4 is 10.2 Å². The summed E-state index contributed by atoms with van der Waals surface area (Å²) in [6.07, 6.45) is 3.74. The van der Waals surface area contributed by atoms with Crippen LogP contribution in [0.3, 0.4) is 0 Å². The van der Waals surface area contributed by atoms with Crippen LogP contribution in [0.4, 0.5) is 5.95 Å². The van der Waals surface area contributed by atoms with E-state index in [-0.39, 0.29) is 5.54 Å². The number of rotatable bonds is 3. The van der Waals surface area contributed by atoms with Gasteiger partial charge in [-0.05, 0) is 20.8 Å². The van der Waals surface area contributed by atoms with E-state index in [1.54, 1.807) is 0 Å². The van der Waals surface area contributed by atoms with E-state index in [1.165, 1.54) is 0 Å². The molecule has 0 amide bonds. The van der Waals surface area contributed by atoms with Crippen molar-refractivity contribution in [3.63, 3.8) is 0 Å². The standard InChI is InChI=1S/C13H22N4OS/c1-13(2,3)16-10-11-8-14-12(15-9-11)17-4-6-19(18)7-5-17/h8-9,16H,4-7,10H2,1-3H3. The number of nitrogens with zero attached hydrogens (tertiary/aromatic N) is 3. The Morgan fingerprint density at radius 2 is 1.84 bits per heavy atom. The van der Waals surface area contributed by atoms with Crippen LogP contribution in [0.15, 0.2) is 12.4 Å². The van der Waals surface area contributed by atoms with E-state index in [9.17, 15) is 4.21 Å². The van der Waals surface area contributed by atoms with E-state index >= 15 is 0 Å². The van der Waals surface area contributed by atoms with Crippen molar-refractivity contribution >= 4 is 16.7 Å². The predicted molar refractivity (Wildman–Crippen MR) is 78.7 cm³/mol. The van der Waals surface area contributed by atoms with Gasteiger partial charge in [0.15, 0.2) is 0 Å². The molecule has 1 aromatic rings. The lowest BCUT2D eigenvalue weighted by Crippen LogP contribution is -2.38. The van der Waals surface area contributed by atoms with Crippen LogP contribution in [0.2, 0.25) is 0 Å². The molecule has 2 rings (SSSR count). The van der Waals surface area contributed by atoms with Gasteiger partial charge in [-0.2, -0.15) is 0 Å². The van der Waals surface area contributed by atoms with Gasteiger partial charge >= 0.3 is 0 Å². The van der Waals surface area contributed by atoms with E-state index in [1.807, 2.05) is 12.4 Å². The van der Waals surface area contributed by atoms with Crippen molar-refractivity contribution in [1.29, 1.82) is 0 Å².